The van der Waals surface area contributed by atoms with Crippen molar-refractivity contribution in [1.29, 1.82) is 0 Å². The van der Waals surface area contributed by atoms with Crippen LogP contribution in [0.4, 0.5) is 5.69 Å². The highest BCUT2D eigenvalue weighted by Crippen LogP contribution is 2.33. The maximum absolute atomic E-state index is 12.6. The molecule has 8 heteroatoms. The van der Waals surface area contributed by atoms with E-state index in [1.165, 1.54) is 0 Å². The summed E-state index contributed by atoms with van der Waals surface area (Å²) in [5, 5.41) is 2.78. The van der Waals surface area contributed by atoms with Crippen LogP contribution in [0.1, 0.15) is 5.56 Å². The largest absolute Gasteiger partial charge is 0.497 e. The van der Waals surface area contributed by atoms with E-state index in [0.717, 1.165) is 21.9 Å². The second kappa shape index (κ2) is 10.7. The third kappa shape index (κ3) is 6.49. The van der Waals surface area contributed by atoms with Crippen LogP contribution in [-0.2, 0) is 21.2 Å². The molecule has 0 radical (unpaired) electrons. The maximum Gasteiger partial charge on any atom is 0.240 e. The van der Waals surface area contributed by atoms with Crippen LogP contribution in [0.3, 0.4) is 0 Å². The number of amides is 1. The lowest BCUT2D eigenvalue weighted by atomic mass is 10.1. The van der Waals surface area contributed by atoms with Crippen LogP contribution in [0.5, 0.6) is 17.2 Å². The van der Waals surface area contributed by atoms with Crippen molar-refractivity contribution < 1.29 is 22.7 Å². The number of anilines is 1. The Kier molecular flexibility index (Phi) is 7.72. The number of sulfonamides is 1. The number of hydrogen-bond acceptors (Lipinski definition) is 5. The van der Waals surface area contributed by atoms with Crippen LogP contribution in [0.25, 0.3) is 0 Å². The number of carbonyl (C=O) groups excluding carboxylic acids is 1. The summed E-state index contributed by atoms with van der Waals surface area (Å²) >= 11 is 0. The Morgan fingerprint density at radius 2 is 1.56 bits per heavy atom. The highest BCUT2D eigenvalue weighted by Gasteiger charge is 2.24. The van der Waals surface area contributed by atoms with Crippen molar-refractivity contribution in [3.63, 3.8) is 0 Å². The van der Waals surface area contributed by atoms with Crippen LogP contribution in [0.15, 0.2) is 78.9 Å². The standard InChI is InChI=1S/C24H26N2O5S/c1-30-20-14-12-19(13-15-20)16-17-25-24(27)18-26(32(2,28)29)22-10-6-7-11-23(22)31-21-8-4-3-5-9-21/h3-15H,16-18H2,1-2H3,(H,25,27). The molecule has 0 atom stereocenters. The lowest BCUT2D eigenvalue weighted by Gasteiger charge is -2.24. The van der Waals surface area contributed by atoms with Gasteiger partial charge in [0.15, 0.2) is 5.75 Å². The summed E-state index contributed by atoms with van der Waals surface area (Å²) in [6.07, 6.45) is 1.68. The minimum atomic E-state index is -3.73. The number of hydrogen-bond donors (Lipinski definition) is 1. The van der Waals surface area contributed by atoms with E-state index in [-0.39, 0.29) is 6.54 Å². The average Bonchev–Trinajstić information content (AvgIpc) is 2.78. The van der Waals surface area contributed by atoms with Crippen molar-refractivity contribution in [2.75, 3.05) is 30.8 Å². The van der Waals surface area contributed by atoms with Gasteiger partial charge >= 0.3 is 0 Å². The maximum atomic E-state index is 12.6. The van der Waals surface area contributed by atoms with Gasteiger partial charge in [0, 0.05) is 6.54 Å². The number of carbonyl (C=O) groups is 1. The second-order valence-corrected chi connectivity index (χ2v) is 9.01. The third-order valence-electron chi connectivity index (χ3n) is 4.69. The molecule has 0 aromatic heterocycles. The molecule has 3 rings (SSSR count). The van der Waals surface area contributed by atoms with Gasteiger partial charge in [-0.05, 0) is 48.4 Å². The number of nitrogens with zero attached hydrogens (tertiary/aromatic N) is 1. The SMILES string of the molecule is COc1ccc(CCNC(=O)CN(c2ccccc2Oc2ccccc2)S(C)(=O)=O)cc1. The van der Waals surface area contributed by atoms with Gasteiger partial charge in [0.25, 0.3) is 0 Å². The first kappa shape index (κ1) is 23.1. The minimum Gasteiger partial charge on any atom is -0.497 e. The molecule has 0 saturated heterocycles. The average molecular weight is 455 g/mol. The molecule has 0 aliphatic carbocycles. The summed E-state index contributed by atoms with van der Waals surface area (Å²) in [5.41, 5.74) is 1.33. The van der Waals surface area contributed by atoms with E-state index < -0.39 is 15.9 Å². The Morgan fingerprint density at radius 1 is 0.906 bits per heavy atom. The summed E-state index contributed by atoms with van der Waals surface area (Å²) in [7, 11) is -2.13. The first-order chi connectivity index (χ1) is 15.4. The molecule has 7 nitrogen and oxygen atoms in total. The molecular formula is C24H26N2O5S. The molecular weight excluding hydrogens is 428 g/mol. The van der Waals surface area contributed by atoms with Crippen LogP contribution >= 0.6 is 0 Å². The van der Waals surface area contributed by atoms with Gasteiger partial charge in [-0.25, -0.2) is 8.42 Å². The van der Waals surface area contributed by atoms with Crippen LogP contribution in [0.2, 0.25) is 0 Å². The Hall–Kier alpha value is -3.52. The molecule has 1 amide bonds. The number of nitrogens with one attached hydrogen (secondary N) is 1. The number of benzene rings is 3. The van der Waals surface area contributed by atoms with Gasteiger partial charge < -0.3 is 14.8 Å². The van der Waals surface area contributed by atoms with E-state index in [0.29, 0.717) is 30.2 Å². The number of para-hydroxylation sites is 3. The van der Waals surface area contributed by atoms with Gasteiger partial charge in [-0.3, -0.25) is 9.10 Å². The third-order valence-corrected chi connectivity index (χ3v) is 5.81. The van der Waals surface area contributed by atoms with E-state index >= 15 is 0 Å². The lowest BCUT2D eigenvalue weighted by Crippen LogP contribution is -2.41. The summed E-state index contributed by atoms with van der Waals surface area (Å²) in [5.74, 6) is 1.27. The van der Waals surface area contributed by atoms with Crippen LogP contribution in [-0.4, -0.2) is 40.8 Å². The fraction of sp³-hybridized carbons (Fsp3) is 0.208. The molecule has 0 heterocycles. The predicted octanol–water partition coefficient (Wildman–Crippen LogP) is 3.61. The van der Waals surface area contributed by atoms with Crippen LogP contribution in [0, 0.1) is 0 Å². The van der Waals surface area contributed by atoms with Crippen molar-refractivity contribution in [2.24, 2.45) is 0 Å². The van der Waals surface area contributed by atoms with Crippen molar-refractivity contribution in [2.45, 2.75) is 6.42 Å². The molecule has 1 N–H and O–H groups in total. The van der Waals surface area contributed by atoms with E-state index in [2.05, 4.69) is 5.32 Å². The van der Waals surface area contributed by atoms with Gasteiger partial charge in [-0.2, -0.15) is 0 Å². The molecule has 0 fully saturated rings. The number of methoxy groups -OCH3 is 1. The Labute approximate surface area is 188 Å². The highest BCUT2D eigenvalue weighted by atomic mass is 32.2. The van der Waals surface area contributed by atoms with Crippen molar-refractivity contribution in [3.05, 3.63) is 84.4 Å². The predicted molar refractivity (Wildman–Crippen MR) is 125 cm³/mol. The second-order valence-electron chi connectivity index (χ2n) is 7.10. The molecule has 3 aromatic rings. The van der Waals surface area contributed by atoms with Gasteiger partial charge in [0.05, 0.1) is 19.1 Å². The Balaban J connectivity index is 1.68. The molecule has 0 unspecified atom stereocenters. The minimum absolute atomic E-state index is 0.296. The van der Waals surface area contributed by atoms with E-state index in [1.807, 2.05) is 42.5 Å². The number of ether oxygens (including phenoxy) is 2. The monoisotopic (exact) mass is 454 g/mol. The summed E-state index contributed by atoms with van der Waals surface area (Å²) in [6, 6.07) is 23.3. The van der Waals surface area contributed by atoms with Crippen LogP contribution < -0.4 is 19.1 Å². The Morgan fingerprint density at radius 3 is 2.22 bits per heavy atom. The fourth-order valence-corrected chi connectivity index (χ4v) is 3.93. The number of rotatable bonds is 10. The zero-order valence-corrected chi connectivity index (χ0v) is 18.8. The molecule has 32 heavy (non-hydrogen) atoms. The molecule has 3 aromatic carbocycles. The van der Waals surface area contributed by atoms with Crippen molar-refractivity contribution in [3.8, 4) is 17.2 Å². The quantitative estimate of drug-likeness (QED) is 0.506. The van der Waals surface area contributed by atoms with Gasteiger partial charge in [-0.1, -0.05) is 42.5 Å². The first-order valence-electron chi connectivity index (χ1n) is 10.1. The Bertz CT molecular complexity index is 1130. The summed E-state index contributed by atoms with van der Waals surface area (Å²) < 4.78 is 37.1. The topological polar surface area (TPSA) is 84.9 Å². The highest BCUT2D eigenvalue weighted by molar-refractivity contribution is 7.92. The molecule has 0 spiro atoms. The normalized spacial score (nSPS) is 10.9. The van der Waals surface area contributed by atoms with Crippen molar-refractivity contribution >= 4 is 21.6 Å². The molecule has 0 bridgehead atoms. The smallest absolute Gasteiger partial charge is 0.240 e. The fourth-order valence-electron chi connectivity index (χ4n) is 3.07. The van der Waals surface area contributed by atoms with Gasteiger partial charge in [0.2, 0.25) is 15.9 Å². The molecule has 168 valence electrons. The lowest BCUT2D eigenvalue weighted by molar-refractivity contribution is -0.119. The summed E-state index contributed by atoms with van der Waals surface area (Å²) in [4.78, 5) is 12.6. The van der Waals surface area contributed by atoms with E-state index in [4.69, 9.17) is 9.47 Å². The molecule has 0 aliphatic rings. The van der Waals surface area contributed by atoms with E-state index in [9.17, 15) is 13.2 Å². The van der Waals surface area contributed by atoms with Gasteiger partial charge in [0.1, 0.15) is 18.0 Å². The molecule has 0 saturated carbocycles. The van der Waals surface area contributed by atoms with E-state index in [1.54, 1.807) is 43.5 Å². The summed E-state index contributed by atoms with van der Waals surface area (Å²) in [6.45, 7) is 0.0293. The van der Waals surface area contributed by atoms with Gasteiger partial charge in [-0.15, -0.1) is 0 Å². The zero-order valence-electron chi connectivity index (χ0n) is 18.0. The first-order valence-corrected chi connectivity index (χ1v) is 11.9. The van der Waals surface area contributed by atoms with Crippen molar-refractivity contribution in [1.82, 2.24) is 5.32 Å². The molecule has 0 aliphatic heterocycles. The zero-order chi connectivity index (χ0) is 23.0.